The van der Waals surface area contributed by atoms with Gasteiger partial charge >= 0.3 is 5.97 Å². The molecular formula is C15H20N2O4. The predicted molar refractivity (Wildman–Crippen MR) is 78.3 cm³/mol. The monoisotopic (exact) mass is 292 g/mol. The number of carboxylic acid groups (broad SMARTS) is 1. The van der Waals surface area contributed by atoms with Crippen LogP contribution in [0.15, 0.2) is 18.2 Å². The molecule has 3 rings (SSSR count). The lowest BCUT2D eigenvalue weighted by Crippen LogP contribution is -2.46. The maximum atomic E-state index is 10.6. The van der Waals surface area contributed by atoms with E-state index in [2.05, 4.69) is 15.9 Å². The van der Waals surface area contributed by atoms with Crippen molar-refractivity contribution in [2.24, 2.45) is 0 Å². The topological polar surface area (TPSA) is 62.2 Å². The zero-order valence-corrected chi connectivity index (χ0v) is 12.0. The Morgan fingerprint density at radius 1 is 1.10 bits per heavy atom. The summed E-state index contributed by atoms with van der Waals surface area (Å²) in [6.07, 6.45) is 0.212. The molecule has 0 saturated carbocycles. The molecule has 1 aromatic rings. The Morgan fingerprint density at radius 3 is 2.52 bits per heavy atom. The zero-order chi connectivity index (χ0) is 14.7. The van der Waals surface area contributed by atoms with Crippen LogP contribution in [0, 0.1) is 0 Å². The maximum absolute atomic E-state index is 10.6. The quantitative estimate of drug-likeness (QED) is 0.895. The number of aliphatic carboxylic acids is 1. The first-order valence-electron chi connectivity index (χ1n) is 7.31. The van der Waals surface area contributed by atoms with Crippen LogP contribution < -0.4 is 14.4 Å². The smallest absolute Gasteiger partial charge is 0.304 e. The van der Waals surface area contributed by atoms with Gasteiger partial charge in [0, 0.05) is 44.5 Å². The second-order valence-electron chi connectivity index (χ2n) is 5.30. The van der Waals surface area contributed by atoms with Gasteiger partial charge in [-0.15, -0.1) is 0 Å². The maximum Gasteiger partial charge on any atom is 0.304 e. The van der Waals surface area contributed by atoms with Gasteiger partial charge in [0.1, 0.15) is 13.2 Å². The molecule has 1 N–H and O–H groups in total. The lowest BCUT2D eigenvalue weighted by atomic mass is 10.2. The van der Waals surface area contributed by atoms with E-state index in [1.807, 2.05) is 12.1 Å². The third kappa shape index (κ3) is 3.39. The van der Waals surface area contributed by atoms with Gasteiger partial charge in [0.25, 0.3) is 0 Å². The molecule has 1 saturated heterocycles. The van der Waals surface area contributed by atoms with Crippen LogP contribution in [0.25, 0.3) is 0 Å². The minimum Gasteiger partial charge on any atom is -0.486 e. The number of fused-ring (bicyclic) bond motifs is 1. The van der Waals surface area contributed by atoms with Gasteiger partial charge in [0.15, 0.2) is 11.5 Å². The first-order valence-corrected chi connectivity index (χ1v) is 7.31. The highest BCUT2D eigenvalue weighted by Gasteiger charge is 2.19. The summed E-state index contributed by atoms with van der Waals surface area (Å²) in [4.78, 5) is 15.1. The van der Waals surface area contributed by atoms with E-state index in [-0.39, 0.29) is 6.42 Å². The van der Waals surface area contributed by atoms with Crippen LogP contribution in [0.2, 0.25) is 0 Å². The average Bonchev–Trinajstić information content (AvgIpc) is 2.53. The number of nitrogens with zero attached hydrogens (tertiary/aromatic N) is 2. The molecule has 0 unspecified atom stereocenters. The van der Waals surface area contributed by atoms with E-state index >= 15 is 0 Å². The summed E-state index contributed by atoms with van der Waals surface area (Å²) in [5.41, 5.74) is 1.14. The van der Waals surface area contributed by atoms with Crippen LogP contribution in [0.4, 0.5) is 5.69 Å². The van der Waals surface area contributed by atoms with E-state index in [1.54, 1.807) is 0 Å². The number of anilines is 1. The van der Waals surface area contributed by atoms with Crippen LogP contribution >= 0.6 is 0 Å². The van der Waals surface area contributed by atoms with Crippen LogP contribution in [0.3, 0.4) is 0 Å². The normalized spacial score (nSPS) is 18.6. The third-order valence-corrected chi connectivity index (χ3v) is 3.91. The first-order chi connectivity index (χ1) is 10.2. The number of hydrogen-bond acceptors (Lipinski definition) is 5. The number of carboxylic acids is 1. The molecule has 2 aliphatic rings. The van der Waals surface area contributed by atoms with Crippen LogP contribution in [-0.4, -0.2) is 61.9 Å². The summed E-state index contributed by atoms with van der Waals surface area (Å²) in [5.74, 6) is 0.890. The molecule has 6 nitrogen and oxygen atoms in total. The van der Waals surface area contributed by atoms with E-state index in [0.717, 1.165) is 43.4 Å². The number of piperazine rings is 1. The molecule has 1 aromatic carbocycles. The predicted octanol–water partition coefficient (Wildman–Crippen LogP) is 1.05. The Balaban J connectivity index is 1.58. The summed E-state index contributed by atoms with van der Waals surface area (Å²) in [6.45, 7) is 5.42. The van der Waals surface area contributed by atoms with E-state index in [0.29, 0.717) is 19.8 Å². The molecule has 0 radical (unpaired) electrons. The Hall–Kier alpha value is -1.95. The van der Waals surface area contributed by atoms with Crippen molar-refractivity contribution in [3.63, 3.8) is 0 Å². The SMILES string of the molecule is O=C(O)CCN1CCN(c2ccc3c(c2)OCCO3)CC1. The highest BCUT2D eigenvalue weighted by atomic mass is 16.6. The van der Waals surface area contributed by atoms with Crippen molar-refractivity contribution >= 4 is 11.7 Å². The molecule has 0 atom stereocenters. The largest absolute Gasteiger partial charge is 0.486 e. The van der Waals surface area contributed by atoms with Crippen molar-refractivity contribution in [1.29, 1.82) is 0 Å². The Kier molecular flexibility index (Phi) is 4.15. The number of ether oxygens (including phenoxy) is 2. The third-order valence-electron chi connectivity index (χ3n) is 3.91. The number of benzene rings is 1. The average molecular weight is 292 g/mol. The van der Waals surface area contributed by atoms with Gasteiger partial charge < -0.3 is 19.5 Å². The highest BCUT2D eigenvalue weighted by molar-refractivity contribution is 5.66. The van der Waals surface area contributed by atoms with Crippen LogP contribution in [0.5, 0.6) is 11.5 Å². The summed E-state index contributed by atoms with van der Waals surface area (Å²) < 4.78 is 11.1. The number of hydrogen-bond donors (Lipinski definition) is 1. The lowest BCUT2D eigenvalue weighted by molar-refractivity contribution is -0.137. The van der Waals surface area contributed by atoms with Crippen molar-refractivity contribution < 1.29 is 19.4 Å². The number of carbonyl (C=O) groups is 1. The van der Waals surface area contributed by atoms with Crippen molar-refractivity contribution in [2.45, 2.75) is 6.42 Å². The molecule has 21 heavy (non-hydrogen) atoms. The molecule has 0 bridgehead atoms. The molecular weight excluding hydrogens is 272 g/mol. The minimum atomic E-state index is -0.732. The molecule has 114 valence electrons. The van der Waals surface area contributed by atoms with Crippen LogP contribution in [0.1, 0.15) is 6.42 Å². The second kappa shape index (κ2) is 6.22. The Labute approximate surface area is 123 Å². The molecule has 6 heteroatoms. The van der Waals surface area contributed by atoms with E-state index in [4.69, 9.17) is 14.6 Å². The molecule has 1 fully saturated rings. The molecule has 2 heterocycles. The van der Waals surface area contributed by atoms with Gasteiger partial charge in [-0.1, -0.05) is 0 Å². The molecule has 0 aliphatic carbocycles. The summed E-state index contributed by atoms with van der Waals surface area (Å²) in [5, 5.41) is 8.72. The van der Waals surface area contributed by atoms with Crippen molar-refractivity contribution in [1.82, 2.24) is 4.90 Å². The minimum absolute atomic E-state index is 0.212. The first kappa shape index (κ1) is 14.0. The fraction of sp³-hybridized carbons (Fsp3) is 0.533. The van der Waals surface area contributed by atoms with Crippen LogP contribution in [-0.2, 0) is 4.79 Å². The lowest BCUT2D eigenvalue weighted by Gasteiger charge is -2.36. The van der Waals surface area contributed by atoms with Gasteiger partial charge in [-0.3, -0.25) is 9.69 Å². The standard InChI is InChI=1S/C15H20N2O4/c18-15(19)3-4-16-5-7-17(8-6-16)12-1-2-13-14(11-12)21-10-9-20-13/h1-2,11H,3-10H2,(H,18,19). The molecule has 0 amide bonds. The van der Waals surface area contributed by atoms with E-state index in [9.17, 15) is 4.79 Å². The van der Waals surface area contributed by atoms with E-state index < -0.39 is 5.97 Å². The summed E-state index contributed by atoms with van der Waals surface area (Å²) in [7, 11) is 0. The molecule has 0 aromatic heterocycles. The number of rotatable bonds is 4. The summed E-state index contributed by atoms with van der Waals surface area (Å²) >= 11 is 0. The van der Waals surface area contributed by atoms with E-state index in [1.165, 1.54) is 0 Å². The fourth-order valence-electron chi connectivity index (χ4n) is 2.71. The fourth-order valence-corrected chi connectivity index (χ4v) is 2.71. The van der Waals surface area contributed by atoms with Crippen molar-refractivity contribution in [2.75, 3.05) is 50.8 Å². The van der Waals surface area contributed by atoms with Gasteiger partial charge in [0.05, 0.1) is 6.42 Å². The highest BCUT2D eigenvalue weighted by Crippen LogP contribution is 2.34. The summed E-state index contributed by atoms with van der Waals surface area (Å²) in [6, 6.07) is 6.04. The Morgan fingerprint density at radius 2 is 1.81 bits per heavy atom. The molecule has 2 aliphatic heterocycles. The van der Waals surface area contributed by atoms with Gasteiger partial charge in [-0.2, -0.15) is 0 Å². The van der Waals surface area contributed by atoms with Gasteiger partial charge in [-0.05, 0) is 12.1 Å². The van der Waals surface area contributed by atoms with Gasteiger partial charge in [-0.25, -0.2) is 0 Å². The molecule has 0 spiro atoms. The zero-order valence-electron chi connectivity index (χ0n) is 12.0. The Bertz CT molecular complexity index is 512. The second-order valence-corrected chi connectivity index (χ2v) is 5.30. The van der Waals surface area contributed by atoms with Crippen molar-refractivity contribution in [3.05, 3.63) is 18.2 Å². The van der Waals surface area contributed by atoms with Gasteiger partial charge in [0.2, 0.25) is 0 Å². The van der Waals surface area contributed by atoms with Crippen molar-refractivity contribution in [3.8, 4) is 11.5 Å².